The summed E-state index contributed by atoms with van der Waals surface area (Å²) in [7, 11) is 3.26. The Morgan fingerprint density at radius 2 is 1.34 bits per heavy atom. The Bertz CT molecular complexity index is 1290. The first-order chi connectivity index (χ1) is 18.7. The normalized spacial score (nSPS) is 14.1. The van der Waals surface area contributed by atoms with Crippen LogP contribution in [0.25, 0.3) is 0 Å². The minimum atomic E-state index is 0.196. The number of likely N-dealkylation sites (tertiary alicyclic amines) is 1. The van der Waals surface area contributed by atoms with E-state index < -0.39 is 0 Å². The van der Waals surface area contributed by atoms with E-state index in [0.29, 0.717) is 17.4 Å². The summed E-state index contributed by atoms with van der Waals surface area (Å²) in [5.41, 5.74) is 2.07. The van der Waals surface area contributed by atoms with E-state index in [0.717, 1.165) is 49.7 Å². The van der Waals surface area contributed by atoms with Crippen molar-refractivity contribution in [3.8, 4) is 34.9 Å². The molecular formula is C30H32N4O4. The molecule has 2 heterocycles. The highest BCUT2D eigenvalue weighted by atomic mass is 16.5. The predicted octanol–water partition coefficient (Wildman–Crippen LogP) is 6.15. The van der Waals surface area contributed by atoms with Gasteiger partial charge in [0.15, 0.2) is 0 Å². The minimum Gasteiger partial charge on any atom is -0.497 e. The van der Waals surface area contributed by atoms with E-state index in [1.165, 1.54) is 5.56 Å². The maximum atomic E-state index is 6.19. The number of rotatable bonds is 10. The van der Waals surface area contributed by atoms with Gasteiger partial charge in [-0.3, -0.25) is 4.90 Å². The van der Waals surface area contributed by atoms with Gasteiger partial charge in [0.1, 0.15) is 28.7 Å². The third kappa shape index (κ3) is 6.72. The van der Waals surface area contributed by atoms with E-state index in [4.69, 9.17) is 18.9 Å². The Morgan fingerprint density at radius 3 is 1.95 bits per heavy atom. The summed E-state index contributed by atoms with van der Waals surface area (Å²) in [5.74, 6) is 3.15. The molecule has 196 valence electrons. The number of methoxy groups -OCH3 is 2. The van der Waals surface area contributed by atoms with Gasteiger partial charge in [0.05, 0.1) is 20.4 Å². The van der Waals surface area contributed by atoms with Crippen LogP contribution in [0.2, 0.25) is 0 Å². The number of nitrogens with one attached hydrogen (secondary N) is 1. The summed E-state index contributed by atoms with van der Waals surface area (Å²) in [6, 6.07) is 25.7. The van der Waals surface area contributed by atoms with Crippen LogP contribution < -0.4 is 24.3 Å². The van der Waals surface area contributed by atoms with Crippen molar-refractivity contribution in [3.05, 3.63) is 90.6 Å². The molecule has 1 saturated heterocycles. The van der Waals surface area contributed by atoms with Crippen LogP contribution in [-0.4, -0.2) is 48.2 Å². The average molecular weight is 513 g/mol. The Hall–Kier alpha value is -4.30. The molecule has 0 spiro atoms. The second-order valence-corrected chi connectivity index (χ2v) is 9.11. The molecule has 1 aliphatic heterocycles. The van der Waals surface area contributed by atoms with Crippen molar-refractivity contribution in [3.63, 3.8) is 0 Å². The van der Waals surface area contributed by atoms with Gasteiger partial charge in [-0.1, -0.05) is 30.3 Å². The lowest BCUT2D eigenvalue weighted by Crippen LogP contribution is -2.38. The molecule has 38 heavy (non-hydrogen) atoms. The molecule has 1 aromatic heterocycles. The van der Waals surface area contributed by atoms with Gasteiger partial charge in [-0.2, -0.15) is 4.98 Å². The van der Waals surface area contributed by atoms with Gasteiger partial charge in [-0.05, 0) is 66.9 Å². The van der Waals surface area contributed by atoms with Gasteiger partial charge in [0.2, 0.25) is 5.88 Å². The Morgan fingerprint density at radius 1 is 0.763 bits per heavy atom. The third-order valence-electron chi connectivity index (χ3n) is 6.47. The highest BCUT2D eigenvalue weighted by molar-refractivity contribution is 5.54. The lowest BCUT2D eigenvalue weighted by atomic mass is 10.0. The van der Waals surface area contributed by atoms with Crippen molar-refractivity contribution in [1.29, 1.82) is 0 Å². The zero-order valence-electron chi connectivity index (χ0n) is 21.7. The number of nitrogens with zero attached hydrogens (tertiary/aromatic N) is 3. The van der Waals surface area contributed by atoms with Gasteiger partial charge in [0, 0.05) is 25.7 Å². The van der Waals surface area contributed by atoms with Crippen LogP contribution in [0.3, 0.4) is 0 Å². The number of aromatic nitrogens is 2. The molecule has 8 nitrogen and oxygen atoms in total. The van der Waals surface area contributed by atoms with Crippen molar-refractivity contribution in [1.82, 2.24) is 14.9 Å². The zero-order chi connectivity index (χ0) is 26.2. The first-order valence-corrected chi connectivity index (χ1v) is 12.7. The zero-order valence-corrected chi connectivity index (χ0v) is 21.7. The third-order valence-corrected chi connectivity index (χ3v) is 6.47. The van der Waals surface area contributed by atoms with E-state index in [2.05, 4.69) is 50.5 Å². The lowest BCUT2D eigenvalue weighted by Gasteiger charge is -2.33. The van der Waals surface area contributed by atoms with Crippen LogP contribution in [0.4, 0.5) is 5.69 Å². The topological polar surface area (TPSA) is 78.0 Å². The van der Waals surface area contributed by atoms with Crippen molar-refractivity contribution in [2.45, 2.75) is 25.4 Å². The molecule has 8 heteroatoms. The summed E-state index contributed by atoms with van der Waals surface area (Å²) in [6.07, 6.45) is 3.75. The van der Waals surface area contributed by atoms with Crippen LogP contribution in [0.5, 0.6) is 34.9 Å². The number of anilines is 1. The van der Waals surface area contributed by atoms with Crippen molar-refractivity contribution in [2.75, 3.05) is 32.6 Å². The molecule has 0 amide bonds. The first kappa shape index (κ1) is 25.4. The highest BCUT2D eigenvalue weighted by Gasteiger charge is 2.21. The molecule has 4 aromatic rings. The van der Waals surface area contributed by atoms with Crippen LogP contribution in [0.15, 0.2) is 85.1 Å². The molecule has 1 N–H and O–H groups in total. The predicted molar refractivity (Wildman–Crippen MR) is 147 cm³/mol. The summed E-state index contributed by atoms with van der Waals surface area (Å²) in [5, 5.41) is 3.61. The molecule has 0 radical (unpaired) electrons. The second kappa shape index (κ2) is 12.3. The number of ether oxygens (including phenoxy) is 4. The number of hydrogen-bond acceptors (Lipinski definition) is 8. The largest absolute Gasteiger partial charge is 0.497 e. The van der Waals surface area contributed by atoms with Crippen molar-refractivity contribution < 1.29 is 18.9 Å². The molecule has 3 aromatic carbocycles. The Balaban J connectivity index is 1.29. The van der Waals surface area contributed by atoms with Crippen molar-refractivity contribution >= 4 is 5.69 Å². The molecule has 0 bridgehead atoms. The number of hydrogen-bond donors (Lipinski definition) is 1. The maximum Gasteiger partial charge on any atom is 0.325 e. The fraction of sp³-hybridized carbons (Fsp3) is 0.267. The Labute approximate surface area is 223 Å². The number of piperidine rings is 1. The summed E-state index contributed by atoms with van der Waals surface area (Å²) >= 11 is 0. The van der Waals surface area contributed by atoms with Crippen molar-refractivity contribution in [2.24, 2.45) is 0 Å². The molecule has 1 fully saturated rings. The van der Waals surface area contributed by atoms with Crippen LogP contribution in [-0.2, 0) is 6.54 Å². The lowest BCUT2D eigenvalue weighted by molar-refractivity contribution is 0.211. The molecule has 1 aliphatic rings. The summed E-state index contributed by atoms with van der Waals surface area (Å²) in [4.78, 5) is 11.5. The molecular weight excluding hydrogens is 480 g/mol. The van der Waals surface area contributed by atoms with Gasteiger partial charge in [-0.25, -0.2) is 4.98 Å². The fourth-order valence-electron chi connectivity index (χ4n) is 4.38. The van der Waals surface area contributed by atoms with Gasteiger partial charge < -0.3 is 24.3 Å². The quantitative estimate of drug-likeness (QED) is 0.271. The molecule has 0 unspecified atom stereocenters. The highest BCUT2D eigenvalue weighted by Crippen LogP contribution is 2.32. The standard InChI is InChI=1S/C30H32N4O4/c1-35-24-8-12-26(13-9-24)37-29-28(20-31-30(33-29)38-27-14-10-25(36-2)11-15-27)32-23-16-18-34(19-17-23)21-22-6-4-3-5-7-22/h3-15,20,23,32H,16-19,21H2,1-2H3. The van der Waals surface area contributed by atoms with E-state index in [-0.39, 0.29) is 12.1 Å². The number of benzene rings is 3. The maximum absolute atomic E-state index is 6.19. The smallest absolute Gasteiger partial charge is 0.325 e. The Kier molecular flexibility index (Phi) is 8.20. The fourth-order valence-corrected chi connectivity index (χ4v) is 4.38. The van der Waals surface area contributed by atoms with Gasteiger partial charge in [0.25, 0.3) is 0 Å². The molecule has 0 saturated carbocycles. The van der Waals surface area contributed by atoms with Crippen LogP contribution in [0.1, 0.15) is 18.4 Å². The average Bonchev–Trinajstić information content (AvgIpc) is 2.97. The van der Waals surface area contributed by atoms with Crippen LogP contribution in [0, 0.1) is 0 Å². The summed E-state index contributed by atoms with van der Waals surface area (Å²) < 4.78 is 22.6. The minimum absolute atomic E-state index is 0.196. The monoisotopic (exact) mass is 512 g/mol. The van der Waals surface area contributed by atoms with E-state index in [1.807, 2.05) is 48.5 Å². The molecule has 5 rings (SSSR count). The first-order valence-electron chi connectivity index (χ1n) is 12.7. The van der Waals surface area contributed by atoms with Crippen LogP contribution >= 0.6 is 0 Å². The summed E-state index contributed by atoms with van der Waals surface area (Å²) in [6.45, 7) is 3.00. The second-order valence-electron chi connectivity index (χ2n) is 9.11. The van der Waals surface area contributed by atoms with E-state index >= 15 is 0 Å². The molecule has 0 aliphatic carbocycles. The molecule has 0 atom stereocenters. The van der Waals surface area contributed by atoms with Gasteiger partial charge >= 0.3 is 6.01 Å². The van der Waals surface area contributed by atoms with Gasteiger partial charge in [-0.15, -0.1) is 0 Å². The van der Waals surface area contributed by atoms with E-state index in [9.17, 15) is 0 Å². The van der Waals surface area contributed by atoms with E-state index in [1.54, 1.807) is 20.4 Å². The SMILES string of the molecule is COc1ccc(Oc2ncc(NC3CCN(Cc4ccccc4)CC3)c(Oc3ccc(OC)cc3)n2)cc1.